The molecular weight excluding hydrogens is 346 g/mol. The van der Waals surface area contributed by atoms with Crippen LogP contribution in [0.25, 0.3) is 5.69 Å². The van der Waals surface area contributed by atoms with Crippen molar-refractivity contribution in [1.29, 1.82) is 0 Å². The smallest absolute Gasteiger partial charge is 0.232 e. The number of aromatic nitrogens is 4. The number of carbonyl (C=O) groups excluding carboxylic acids is 1. The van der Waals surface area contributed by atoms with Gasteiger partial charge in [0.25, 0.3) is 0 Å². The average molecular weight is 367 g/mol. The fraction of sp³-hybridized carbons (Fsp3) is 0.263. The SMILES string of the molecule is CC(SCc1nnnn1-c1ccccc1)C(=O)NCCc1ccccc1. The molecule has 0 saturated carbocycles. The fourth-order valence-corrected chi connectivity index (χ4v) is 3.27. The van der Waals surface area contributed by atoms with Crippen molar-refractivity contribution in [2.24, 2.45) is 0 Å². The van der Waals surface area contributed by atoms with E-state index in [0.717, 1.165) is 17.9 Å². The molecule has 6 nitrogen and oxygen atoms in total. The predicted octanol–water partition coefficient (Wildman–Crippen LogP) is 2.64. The zero-order chi connectivity index (χ0) is 18.2. The van der Waals surface area contributed by atoms with Gasteiger partial charge in [0.05, 0.1) is 16.7 Å². The minimum Gasteiger partial charge on any atom is -0.355 e. The summed E-state index contributed by atoms with van der Waals surface area (Å²) in [5.74, 6) is 1.32. The van der Waals surface area contributed by atoms with Crippen LogP contribution >= 0.6 is 11.8 Å². The Morgan fingerprint density at radius 3 is 2.54 bits per heavy atom. The van der Waals surface area contributed by atoms with Gasteiger partial charge in [-0.15, -0.1) is 16.9 Å². The highest BCUT2D eigenvalue weighted by atomic mass is 32.2. The van der Waals surface area contributed by atoms with E-state index in [0.29, 0.717) is 12.3 Å². The average Bonchev–Trinajstić information content (AvgIpc) is 3.16. The summed E-state index contributed by atoms with van der Waals surface area (Å²) >= 11 is 1.52. The van der Waals surface area contributed by atoms with Crippen LogP contribution in [0.1, 0.15) is 18.3 Å². The van der Waals surface area contributed by atoms with Crippen molar-refractivity contribution in [3.8, 4) is 5.69 Å². The summed E-state index contributed by atoms with van der Waals surface area (Å²) in [6.07, 6.45) is 0.830. The van der Waals surface area contributed by atoms with Crippen LogP contribution in [0.3, 0.4) is 0 Å². The second-order valence-corrected chi connectivity index (χ2v) is 7.15. The van der Waals surface area contributed by atoms with Crippen LogP contribution in [-0.2, 0) is 17.0 Å². The molecule has 0 saturated heterocycles. The normalized spacial score (nSPS) is 11.9. The lowest BCUT2D eigenvalue weighted by atomic mass is 10.1. The maximum absolute atomic E-state index is 12.3. The molecule has 1 amide bonds. The first-order valence-electron chi connectivity index (χ1n) is 8.50. The van der Waals surface area contributed by atoms with Crippen molar-refractivity contribution < 1.29 is 4.79 Å². The molecule has 134 valence electrons. The number of nitrogens with zero attached hydrogens (tertiary/aromatic N) is 4. The van der Waals surface area contributed by atoms with Gasteiger partial charge in [-0.25, -0.2) is 0 Å². The Bertz CT molecular complexity index is 822. The van der Waals surface area contributed by atoms with Crippen LogP contribution in [0.15, 0.2) is 60.7 Å². The first-order chi connectivity index (χ1) is 12.7. The molecule has 1 unspecified atom stereocenters. The standard InChI is InChI=1S/C19H21N5OS/c1-15(19(25)20-13-12-16-8-4-2-5-9-16)26-14-18-21-22-23-24(18)17-10-6-3-7-11-17/h2-11,15H,12-14H2,1H3,(H,20,25). The molecule has 3 aromatic rings. The van der Waals surface area contributed by atoms with Gasteiger partial charge in [0, 0.05) is 6.54 Å². The third-order valence-corrected chi connectivity index (χ3v) is 5.06. The van der Waals surface area contributed by atoms with Crippen molar-refractivity contribution in [1.82, 2.24) is 25.5 Å². The van der Waals surface area contributed by atoms with Gasteiger partial charge in [0.1, 0.15) is 0 Å². The molecular formula is C19H21N5OS. The number of benzene rings is 2. The lowest BCUT2D eigenvalue weighted by Gasteiger charge is -2.12. The van der Waals surface area contributed by atoms with E-state index in [-0.39, 0.29) is 11.2 Å². The van der Waals surface area contributed by atoms with Crippen LogP contribution in [0.5, 0.6) is 0 Å². The minimum atomic E-state index is -0.174. The Morgan fingerprint density at radius 1 is 1.12 bits per heavy atom. The quantitative estimate of drug-likeness (QED) is 0.663. The van der Waals surface area contributed by atoms with Gasteiger partial charge in [-0.05, 0) is 41.5 Å². The van der Waals surface area contributed by atoms with Crippen LogP contribution in [0, 0.1) is 0 Å². The minimum absolute atomic E-state index is 0.0321. The van der Waals surface area contributed by atoms with E-state index < -0.39 is 0 Å². The Balaban J connectivity index is 1.47. The van der Waals surface area contributed by atoms with Crippen molar-refractivity contribution >= 4 is 17.7 Å². The molecule has 0 aliphatic heterocycles. The van der Waals surface area contributed by atoms with E-state index in [1.165, 1.54) is 17.3 Å². The van der Waals surface area contributed by atoms with Crippen molar-refractivity contribution in [3.05, 3.63) is 72.1 Å². The van der Waals surface area contributed by atoms with E-state index in [4.69, 9.17) is 0 Å². The molecule has 0 spiro atoms. The first kappa shape index (κ1) is 18.1. The Hall–Kier alpha value is -2.67. The highest BCUT2D eigenvalue weighted by molar-refractivity contribution is 7.99. The summed E-state index contributed by atoms with van der Waals surface area (Å²) in [7, 11) is 0. The van der Waals surface area contributed by atoms with E-state index in [9.17, 15) is 4.79 Å². The second kappa shape index (κ2) is 9.15. The van der Waals surface area contributed by atoms with E-state index in [1.54, 1.807) is 4.68 Å². The first-order valence-corrected chi connectivity index (χ1v) is 9.55. The third kappa shape index (κ3) is 4.92. The molecule has 1 heterocycles. The zero-order valence-corrected chi connectivity index (χ0v) is 15.4. The van der Waals surface area contributed by atoms with Gasteiger partial charge in [0.2, 0.25) is 5.91 Å². The number of amides is 1. The lowest BCUT2D eigenvalue weighted by molar-refractivity contribution is -0.120. The van der Waals surface area contributed by atoms with Gasteiger partial charge >= 0.3 is 0 Å². The molecule has 2 aromatic carbocycles. The van der Waals surface area contributed by atoms with Crippen LogP contribution in [0.2, 0.25) is 0 Å². The van der Waals surface area contributed by atoms with Gasteiger partial charge in [0.15, 0.2) is 5.82 Å². The van der Waals surface area contributed by atoms with E-state index in [1.807, 2.05) is 55.5 Å². The lowest BCUT2D eigenvalue weighted by Crippen LogP contribution is -2.32. The van der Waals surface area contributed by atoms with Crippen LogP contribution in [-0.4, -0.2) is 37.9 Å². The molecule has 3 rings (SSSR count). The number of para-hydroxylation sites is 1. The number of hydrogen-bond donors (Lipinski definition) is 1. The topological polar surface area (TPSA) is 72.7 Å². The zero-order valence-electron chi connectivity index (χ0n) is 14.6. The molecule has 0 fully saturated rings. The monoisotopic (exact) mass is 367 g/mol. The number of nitrogens with one attached hydrogen (secondary N) is 1. The molecule has 1 aromatic heterocycles. The summed E-state index contributed by atoms with van der Waals surface area (Å²) in [5.41, 5.74) is 2.13. The number of rotatable bonds is 8. The molecule has 0 radical (unpaired) electrons. The Morgan fingerprint density at radius 2 is 1.81 bits per heavy atom. The molecule has 7 heteroatoms. The number of thioether (sulfide) groups is 1. The number of hydrogen-bond acceptors (Lipinski definition) is 5. The third-order valence-electron chi connectivity index (χ3n) is 3.92. The fourth-order valence-electron chi connectivity index (χ4n) is 2.46. The van der Waals surface area contributed by atoms with Gasteiger partial charge in [-0.1, -0.05) is 48.5 Å². The molecule has 0 bridgehead atoms. The summed E-state index contributed by atoms with van der Waals surface area (Å²) in [6.45, 7) is 2.54. The van der Waals surface area contributed by atoms with E-state index >= 15 is 0 Å². The Labute approximate surface area is 157 Å². The van der Waals surface area contributed by atoms with Crippen molar-refractivity contribution in [3.63, 3.8) is 0 Å². The van der Waals surface area contributed by atoms with Gasteiger partial charge < -0.3 is 5.32 Å². The summed E-state index contributed by atoms with van der Waals surface area (Å²) in [6, 6.07) is 19.9. The second-order valence-electron chi connectivity index (χ2n) is 5.82. The number of carbonyl (C=O) groups is 1. The summed E-state index contributed by atoms with van der Waals surface area (Å²) in [5, 5.41) is 14.7. The molecule has 1 N–H and O–H groups in total. The van der Waals surface area contributed by atoms with Crippen LogP contribution < -0.4 is 5.32 Å². The van der Waals surface area contributed by atoms with Crippen molar-refractivity contribution in [2.75, 3.05) is 6.54 Å². The highest BCUT2D eigenvalue weighted by Crippen LogP contribution is 2.18. The largest absolute Gasteiger partial charge is 0.355 e. The number of tetrazole rings is 1. The molecule has 1 atom stereocenters. The molecule has 0 aliphatic rings. The van der Waals surface area contributed by atoms with Crippen molar-refractivity contribution in [2.45, 2.75) is 24.3 Å². The van der Waals surface area contributed by atoms with Crippen LogP contribution in [0.4, 0.5) is 0 Å². The maximum Gasteiger partial charge on any atom is 0.232 e. The Kier molecular flexibility index (Phi) is 6.38. The predicted molar refractivity (Wildman–Crippen MR) is 103 cm³/mol. The summed E-state index contributed by atoms with van der Waals surface area (Å²) in [4.78, 5) is 12.3. The van der Waals surface area contributed by atoms with E-state index in [2.05, 4.69) is 33.0 Å². The van der Waals surface area contributed by atoms with Gasteiger partial charge in [-0.3, -0.25) is 4.79 Å². The molecule has 26 heavy (non-hydrogen) atoms. The van der Waals surface area contributed by atoms with Gasteiger partial charge in [-0.2, -0.15) is 4.68 Å². The molecule has 0 aliphatic carbocycles. The summed E-state index contributed by atoms with van der Waals surface area (Å²) < 4.78 is 1.70. The highest BCUT2D eigenvalue weighted by Gasteiger charge is 2.16. The maximum atomic E-state index is 12.3.